The number of aryl methyl sites for hydroxylation is 2. The van der Waals surface area contributed by atoms with Crippen molar-refractivity contribution in [1.29, 1.82) is 0 Å². The summed E-state index contributed by atoms with van der Waals surface area (Å²) in [7, 11) is 0.0222. The molecule has 0 amide bonds. The molecule has 2 aromatic rings. The summed E-state index contributed by atoms with van der Waals surface area (Å²) >= 11 is 0. The van der Waals surface area contributed by atoms with Crippen LogP contribution in [0, 0.1) is 13.8 Å². The van der Waals surface area contributed by atoms with Gasteiger partial charge in [0.2, 0.25) is 0 Å². The van der Waals surface area contributed by atoms with Crippen LogP contribution in [0.2, 0.25) is 0 Å². The first kappa shape index (κ1) is 27.4. The van der Waals surface area contributed by atoms with Gasteiger partial charge in [-0.1, -0.05) is 72.4 Å². The van der Waals surface area contributed by atoms with E-state index in [-0.39, 0.29) is 19.5 Å². The predicted octanol–water partition coefficient (Wildman–Crippen LogP) is 7.88. The van der Waals surface area contributed by atoms with Gasteiger partial charge >= 0.3 is 0 Å². The minimum Gasteiger partial charge on any atom is -0.493 e. The minimum absolute atomic E-state index is 0.0222. The molecule has 1 atom stereocenters. The Morgan fingerprint density at radius 3 is 1.97 bits per heavy atom. The van der Waals surface area contributed by atoms with E-state index in [1.54, 1.807) is 0 Å². The molecular weight excluding hydrogens is 427 g/mol. The molecule has 33 heavy (non-hydrogen) atoms. The van der Waals surface area contributed by atoms with E-state index in [1.165, 1.54) is 18.4 Å². The molecular formula is C29H43O3P. The summed E-state index contributed by atoms with van der Waals surface area (Å²) in [6, 6.07) is 10.3. The highest BCUT2D eigenvalue weighted by Crippen LogP contribution is 2.32. The van der Waals surface area contributed by atoms with Crippen LogP contribution in [-0.2, 0) is 5.41 Å². The third-order valence-corrected chi connectivity index (χ3v) is 7.01. The topological polar surface area (TPSA) is 35.5 Å². The summed E-state index contributed by atoms with van der Waals surface area (Å²) in [6.45, 7) is 16.5. The first-order valence-corrected chi connectivity index (χ1v) is 13.5. The Balaban J connectivity index is 2.24. The monoisotopic (exact) mass is 470 g/mol. The summed E-state index contributed by atoms with van der Waals surface area (Å²) in [5, 5.41) is 0.955. The number of benzene rings is 2. The molecule has 0 aromatic heterocycles. The lowest BCUT2D eigenvalue weighted by Gasteiger charge is -2.22. The lowest BCUT2D eigenvalue weighted by Crippen LogP contribution is -2.14. The van der Waals surface area contributed by atoms with Crippen LogP contribution in [0.1, 0.15) is 100 Å². The molecule has 0 N–H and O–H groups in total. The number of hydrogen-bond acceptors (Lipinski definition) is 3. The highest BCUT2D eigenvalue weighted by molar-refractivity contribution is 7.66. The Kier molecular flexibility index (Phi) is 10.9. The zero-order valence-corrected chi connectivity index (χ0v) is 22.8. The van der Waals surface area contributed by atoms with Crippen LogP contribution < -0.4 is 14.8 Å². The van der Waals surface area contributed by atoms with Crippen LogP contribution in [0.4, 0.5) is 0 Å². The van der Waals surface area contributed by atoms with Crippen LogP contribution in [0.15, 0.2) is 30.3 Å². The molecule has 2 aromatic carbocycles. The fourth-order valence-electron chi connectivity index (χ4n) is 3.83. The quantitative estimate of drug-likeness (QED) is 0.221. The van der Waals surface area contributed by atoms with Crippen molar-refractivity contribution < 1.29 is 14.3 Å². The maximum atomic E-state index is 13.4. The third-order valence-electron chi connectivity index (χ3n) is 5.85. The normalized spacial score (nSPS) is 11.8. The Labute approximate surface area is 203 Å². The van der Waals surface area contributed by atoms with E-state index >= 15 is 0 Å². The lowest BCUT2D eigenvalue weighted by atomic mass is 9.84. The number of ether oxygens (including phenoxy) is 2. The second kappa shape index (κ2) is 13.1. The van der Waals surface area contributed by atoms with Crippen molar-refractivity contribution in [2.75, 3.05) is 13.2 Å². The van der Waals surface area contributed by atoms with Crippen molar-refractivity contribution in [3.63, 3.8) is 0 Å². The molecule has 2 rings (SSSR count). The Hall–Kier alpha value is -1.86. The molecule has 0 aliphatic carbocycles. The summed E-state index contributed by atoms with van der Waals surface area (Å²) in [4.78, 5) is 13.4. The van der Waals surface area contributed by atoms with Gasteiger partial charge in [-0.25, -0.2) is 0 Å². The van der Waals surface area contributed by atoms with Gasteiger partial charge in [0.1, 0.15) is 11.5 Å². The molecule has 0 saturated heterocycles. The SMILES string of the molecule is CCCCCOc1ccc(PC(=O)c2c(C)cc(C(C)(C)C)cc2C)c(OCCCCC)c1. The van der Waals surface area contributed by atoms with Crippen LogP contribution in [0.25, 0.3) is 0 Å². The number of carbonyl (C=O) groups is 1. The van der Waals surface area contributed by atoms with Crippen molar-refractivity contribution in [1.82, 2.24) is 0 Å². The largest absolute Gasteiger partial charge is 0.493 e. The molecule has 3 nitrogen and oxygen atoms in total. The second-order valence-corrected chi connectivity index (χ2v) is 11.2. The highest BCUT2D eigenvalue weighted by Gasteiger charge is 2.20. The van der Waals surface area contributed by atoms with Crippen molar-refractivity contribution in [3.05, 3.63) is 52.6 Å². The summed E-state index contributed by atoms with van der Waals surface area (Å²) in [6.07, 6.45) is 6.70. The van der Waals surface area contributed by atoms with Crippen molar-refractivity contribution in [2.45, 2.75) is 92.4 Å². The maximum Gasteiger partial charge on any atom is 0.186 e. The van der Waals surface area contributed by atoms with Crippen molar-refractivity contribution in [2.24, 2.45) is 0 Å². The maximum absolute atomic E-state index is 13.4. The van der Waals surface area contributed by atoms with Gasteiger partial charge < -0.3 is 9.47 Å². The van der Waals surface area contributed by atoms with E-state index < -0.39 is 0 Å². The minimum atomic E-state index is 0.0222. The average molecular weight is 471 g/mol. The highest BCUT2D eigenvalue weighted by atomic mass is 31.1. The van der Waals surface area contributed by atoms with E-state index in [0.717, 1.165) is 59.2 Å². The van der Waals surface area contributed by atoms with Crippen LogP contribution in [0.5, 0.6) is 11.5 Å². The summed E-state index contributed by atoms with van der Waals surface area (Å²) in [5.41, 5.74) is 4.45. The molecule has 0 bridgehead atoms. The number of hydrogen-bond donors (Lipinski definition) is 0. The summed E-state index contributed by atoms with van der Waals surface area (Å²) < 4.78 is 12.1. The Morgan fingerprint density at radius 2 is 1.42 bits per heavy atom. The molecule has 0 aliphatic heterocycles. The number of rotatable bonds is 13. The van der Waals surface area contributed by atoms with Gasteiger partial charge in [-0.2, -0.15) is 0 Å². The molecule has 0 radical (unpaired) electrons. The molecule has 1 unspecified atom stereocenters. The average Bonchev–Trinajstić information content (AvgIpc) is 2.74. The smallest absolute Gasteiger partial charge is 0.186 e. The van der Waals surface area contributed by atoms with Gasteiger partial charge in [-0.05, 0) is 69.5 Å². The Morgan fingerprint density at radius 1 is 0.848 bits per heavy atom. The standard InChI is InChI=1S/C29H43O3P/c1-8-10-12-16-31-24-14-15-26(25(20-24)32-17-13-11-9-2)33-28(30)27-21(3)18-23(19-22(27)4)29(5,6)7/h14-15,18-20,33H,8-13,16-17H2,1-7H3. The fraction of sp³-hybridized carbons (Fsp3) is 0.552. The molecule has 0 heterocycles. The number of carbonyl (C=O) groups excluding carboxylic acids is 1. The van der Waals surface area contributed by atoms with Gasteiger partial charge in [0.05, 0.1) is 13.2 Å². The van der Waals surface area contributed by atoms with Gasteiger partial charge in [-0.15, -0.1) is 0 Å². The summed E-state index contributed by atoms with van der Waals surface area (Å²) in [5.74, 6) is 1.60. The van der Waals surface area contributed by atoms with E-state index in [0.29, 0.717) is 13.2 Å². The molecule has 0 spiro atoms. The molecule has 0 saturated carbocycles. The zero-order chi connectivity index (χ0) is 24.4. The molecule has 0 aliphatic rings. The van der Waals surface area contributed by atoms with Crippen molar-refractivity contribution in [3.8, 4) is 11.5 Å². The van der Waals surface area contributed by atoms with E-state index in [2.05, 4.69) is 60.6 Å². The fourth-order valence-corrected chi connectivity index (χ4v) is 5.03. The van der Waals surface area contributed by atoms with Gasteiger partial charge in [0.25, 0.3) is 0 Å². The van der Waals surface area contributed by atoms with E-state index in [9.17, 15) is 4.79 Å². The zero-order valence-electron chi connectivity index (χ0n) is 21.8. The Bertz CT molecular complexity index is 889. The van der Waals surface area contributed by atoms with Crippen LogP contribution >= 0.6 is 8.58 Å². The number of unbranched alkanes of at least 4 members (excludes halogenated alkanes) is 4. The van der Waals surface area contributed by atoms with Crippen molar-refractivity contribution >= 4 is 19.4 Å². The van der Waals surface area contributed by atoms with Gasteiger partial charge in [0, 0.05) is 16.9 Å². The second-order valence-electron chi connectivity index (χ2n) is 9.96. The lowest BCUT2D eigenvalue weighted by molar-refractivity contribution is 0.108. The predicted molar refractivity (Wildman–Crippen MR) is 143 cm³/mol. The van der Waals surface area contributed by atoms with Gasteiger partial charge in [0.15, 0.2) is 5.52 Å². The van der Waals surface area contributed by atoms with Crippen LogP contribution in [-0.4, -0.2) is 18.7 Å². The van der Waals surface area contributed by atoms with Gasteiger partial charge in [-0.3, -0.25) is 4.79 Å². The molecule has 182 valence electrons. The third kappa shape index (κ3) is 8.45. The van der Waals surface area contributed by atoms with E-state index in [4.69, 9.17) is 9.47 Å². The van der Waals surface area contributed by atoms with E-state index in [1.807, 2.05) is 18.2 Å². The first-order valence-electron chi connectivity index (χ1n) is 12.5. The first-order chi connectivity index (χ1) is 15.7. The van der Waals surface area contributed by atoms with Crippen LogP contribution in [0.3, 0.4) is 0 Å². The molecule has 0 fully saturated rings. The molecule has 4 heteroatoms.